The molecule has 4 heteroatoms. The van der Waals surface area contributed by atoms with Gasteiger partial charge in [0.25, 0.3) is 0 Å². The fourth-order valence-electron chi connectivity index (χ4n) is 10.5. The Morgan fingerprint density at radius 2 is 1.22 bits per heavy atom. The number of hydrogen-bond acceptors (Lipinski definition) is 2. The van der Waals surface area contributed by atoms with Crippen molar-refractivity contribution in [3.63, 3.8) is 0 Å². The van der Waals surface area contributed by atoms with Crippen LogP contribution in [0.2, 0.25) is 19.6 Å². The van der Waals surface area contributed by atoms with Crippen molar-refractivity contribution >= 4 is 46.2 Å². The minimum Gasteiger partial charge on any atom is -0.455 e. The highest BCUT2D eigenvalue weighted by molar-refractivity contribution is 6.88. The molecule has 0 spiro atoms. The van der Waals surface area contributed by atoms with Gasteiger partial charge in [-0.2, -0.15) is 0 Å². The number of aromatic nitrogens is 2. The van der Waals surface area contributed by atoms with Crippen LogP contribution in [0.1, 0.15) is 103 Å². The van der Waals surface area contributed by atoms with E-state index in [9.17, 15) is 0 Å². The van der Waals surface area contributed by atoms with E-state index in [0.717, 1.165) is 44.4 Å². The first-order chi connectivity index (χ1) is 28.0. The van der Waals surface area contributed by atoms with E-state index < -0.39 is 8.07 Å². The molecule has 9 rings (SSSR count). The summed E-state index contributed by atoms with van der Waals surface area (Å²) in [5, 5.41) is 3.71. The van der Waals surface area contributed by atoms with Crippen molar-refractivity contribution in [1.29, 1.82) is 0 Å². The number of fused-ring (bicyclic) bond motifs is 4. The molecule has 0 radical (unpaired) electrons. The second-order valence-corrected chi connectivity index (χ2v) is 25.5. The zero-order chi connectivity index (χ0) is 41.6. The summed E-state index contributed by atoms with van der Waals surface area (Å²) in [6.07, 6.45) is 2.54. The molecule has 0 bridgehead atoms. The molecule has 0 amide bonds. The van der Waals surface area contributed by atoms with Gasteiger partial charge in [0, 0.05) is 10.8 Å². The summed E-state index contributed by atoms with van der Waals surface area (Å²) < 4.78 is 9.39. The van der Waals surface area contributed by atoms with Crippen LogP contribution in [-0.2, 0) is 0 Å². The molecular weight excluding hydrogens is 733 g/mol. The Morgan fingerprint density at radius 3 is 1.85 bits per heavy atom. The van der Waals surface area contributed by atoms with Crippen molar-refractivity contribution in [3.8, 4) is 39.3 Å². The minimum absolute atomic E-state index is 0.281. The Morgan fingerprint density at radius 1 is 0.627 bits per heavy atom. The molecule has 0 saturated heterocycles. The molecule has 2 heterocycles. The highest BCUT2D eigenvalue weighted by atomic mass is 28.3. The predicted molar refractivity (Wildman–Crippen MR) is 255 cm³/mol. The van der Waals surface area contributed by atoms with E-state index in [2.05, 4.69) is 201 Å². The van der Waals surface area contributed by atoms with Gasteiger partial charge in [-0.25, -0.2) is 4.98 Å². The molecule has 1 saturated carbocycles. The maximum absolute atomic E-state index is 6.96. The van der Waals surface area contributed by atoms with Crippen LogP contribution in [0.4, 0.5) is 0 Å². The fourth-order valence-corrected chi connectivity index (χ4v) is 11.7. The van der Waals surface area contributed by atoms with Gasteiger partial charge in [-0.15, -0.1) is 0 Å². The quantitative estimate of drug-likeness (QED) is 0.144. The molecule has 1 fully saturated rings. The van der Waals surface area contributed by atoms with E-state index in [4.69, 9.17) is 9.40 Å². The molecule has 1 aliphatic rings. The van der Waals surface area contributed by atoms with Crippen molar-refractivity contribution in [2.24, 2.45) is 10.8 Å². The van der Waals surface area contributed by atoms with Crippen LogP contribution < -0.4 is 5.19 Å². The monoisotopic (exact) mass is 792 g/mol. The van der Waals surface area contributed by atoms with Gasteiger partial charge in [-0.05, 0) is 123 Å². The Hall–Kier alpha value is -5.19. The van der Waals surface area contributed by atoms with Crippen LogP contribution >= 0.6 is 0 Å². The van der Waals surface area contributed by atoms with Crippen molar-refractivity contribution in [3.05, 3.63) is 138 Å². The van der Waals surface area contributed by atoms with E-state index >= 15 is 0 Å². The third kappa shape index (κ3) is 6.78. The van der Waals surface area contributed by atoms with Crippen LogP contribution in [0.5, 0.6) is 0 Å². The number of imidazole rings is 1. The van der Waals surface area contributed by atoms with E-state index in [1.165, 1.54) is 62.7 Å². The fraction of sp³-hybridized carbons (Fsp3) is 0.327. The zero-order valence-electron chi connectivity index (χ0n) is 37.0. The SMILES string of the molecule is CC(C)c1cc(-c2ccc([Si](C)(C)C)cc2)cc(C(C)C)c1-n1c(-c2cccc3c2oc2cc(-c4ccc(C5C(C)(C)CCC5(C)C)cc4)ccc23)nc2ccccc21. The third-order valence-electron chi connectivity index (χ3n) is 13.6. The van der Waals surface area contributed by atoms with Crippen LogP contribution in [0.3, 0.4) is 0 Å². The number of hydrogen-bond donors (Lipinski definition) is 0. The zero-order valence-corrected chi connectivity index (χ0v) is 38.0. The summed E-state index contributed by atoms with van der Waals surface area (Å²) in [6, 6.07) is 45.4. The lowest BCUT2D eigenvalue weighted by atomic mass is 9.68. The van der Waals surface area contributed by atoms with Gasteiger partial charge >= 0.3 is 0 Å². The average Bonchev–Trinajstić information content (AvgIpc) is 3.84. The molecule has 8 aromatic rings. The first-order valence-electron chi connectivity index (χ1n) is 21.8. The van der Waals surface area contributed by atoms with E-state index in [1.54, 1.807) is 0 Å². The van der Waals surface area contributed by atoms with Gasteiger partial charge in [-0.1, -0.05) is 159 Å². The van der Waals surface area contributed by atoms with Crippen molar-refractivity contribution in [1.82, 2.24) is 9.55 Å². The van der Waals surface area contributed by atoms with Gasteiger partial charge in [-0.3, -0.25) is 4.57 Å². The highest BCUT2D eigenvalue weighted by Crippen LogP contribution is 2.59. The average molecular weight is 793 g/mol. The summed E-state index contributed by atoms with van der Waals surface area (Å²) in [7, 11) is -1.41. The summed E-state index contributed by atoms with van der Waals surface area (Å²) in [5.41, 5.74) is 15.7. The maximum atomic E-state index is 6.96. The van der Waals surface area contributed by atoms with E-state index in [-0.39, 0.29) is 11.8 Å². The van der Waals surface area contributed by atoms with Crippen LogP contribution in [0.15, 0.2) is 126 Å². The molecule has 1 aliphatic carbocycles. The number of benzene rings is 6. The van der Waals surface area contributed by atoms with Gasteiger partial charge in [0.1, 0.15) is 17.0 Å². The highest BCUT2D eigenvalue weighted by Gasteiger charge is 2.47. The molecule has 59 heavy (non-hydrogen) atoms. The smallest absolute Gasteiger partial charge is 0.149 e. The van der Waals surface area contributed by atoms with Gasteiger partial charge in [0.05, 0.1) is 30.4 Å². The summed E-state index contributed by atoms with van der Waals surface area (Å²) >= 11 is 0. The Kier molecular flexibility index (Phi) is 9.47. The summed E-state index contributed by atoms with van der Waals surface area (Å²) in [5.74, 6) is 2.01. The van der Waals surface area contributed by atoms with Crippen molar-refractivity contribution < 1.29 is 4.42 Å². The standard InChI is InChI=1S/C55H60N2OSi/c1-34(2)45-31-40(37-23-26-41(27-24-37)59(9,10)11)32-46(35(3)4)50(45)57-48-18-13-12-17-47(48)56-53(57)44-16-14-15-43-42-28-25-39(33-49(42)58-51(43)44)36-19-21-38(22-20-36)52-54(5,6)29-30-55(52,7)8/h12-28,31-35,52H,29-30H2,1-11H3. The molecule has 3 nitrogen and oxygen atoms in total. The number of nitrogens with zero attached hydrogens (tertiary/aromatic N) is 2. The molecule has 0 unspecified atom stereocenters. The molecule has 0 atom stereocenters. The minimum atomic E-state index is -1.41. The second-order valence-electron chi connectivity index (χ2n) is 20.4. The number of rotatable bonds is 8. The Labute approximate surface area is 352 Å². The van der Waals surface area contributed by atoms with Crippen LogP contribution in [0.25, 0.3) is 72.3 Å². The third-order valence-corrected chi connectivity index (χ3v) is 15.6. The van der Waals surface area contributed by atoms with Crippen molar-refractivity contribution in [2.45, 2.75) is 106 Å². The Bertz CT molecular complexity index is 2810. The normalized spacial score (nSPS) is 15.7. The lowest BCUT2D eigenvalue weighted by Crippen LogP contribution is -2.37. The molecule has 6 aromatic carbocycles. The van der Waals surface area contributed by atoms with Crippen LogP contribution in [-0.4, -0.2) is 17.6 Å². The van der Waals surface area contributed by atoms with Crippen molar-refractivity contribution in [2.75, 3.05) is 0 Å². The summed E-state index contributed by atoms with van der Waals surface area (Å²) in [6.45, 7) is 26.3. The lowest BCUT2D eigenvalue weighted by molar-refractivity contribution is 0.239. The first kappa shape index (κ1) is 39.3. The first-order valence-corrected chi connectivity index (χ1v) is 25.3. The molecule has 0 N–H and O–H groups in total. The summed E-state index contributed by atoms with van der Waals surface area (Å²) in [4.78, 5) is 5.43. The molecule has 0 aliphatic heterocycles. The largest absolute Gasteiger partial charge is 0.455 e. The number of para-hydroxylation sites is 3. The van der Waals surface area contributed by atoms with Gasteiger partial charge < -0.3 is 4.42 Å². The Balaban J connectivity index is 1.18. The maximum Gasteiger partial charge on any atom is 0.149 e. The van der Waals surface area contributed by atoms with Gasteiger partial charge in [0.15, 0.2) is 0 Å². The predicted octanol–water partition coefficient (Wildman–Crippen LogP) is 15.6. The van der Waals surface area contributed by atoms with E-state index in [0.29, 0.717) is 16.7 Å². The molecule has 2 aromatic heterocycles. The lowest BCUT2D eigenvalue weighted by Gasteiger charge is -2.36. The van der Waals surface area contributed by atoms with E-state index in [1.807, 2.05) is 0 Å². The second kappa shape index (κ2) is 14.2. The topological polar surface area (TPSA) is 31.0 Å². The van der Waals surface area contributed by atoms with Crippen LogP contribution in [0, 0.1) is 10.8 Å². The number of furan rings is 1. The molecular formula is C55H60N2OSi. The van der Waals surface area contributed by atoms with Gasteiger partial charge in [0.2, 0.25) is 0 Å². The molecule has 300 valence electrons.